The molecule has 0 saturated carbocycles. The molecule has 2 unspecified atom stereocenters. The predicted octanol–water partition coefficient (Wildman–Crippen LogP) is 5.25. The molecule has 0 aromatic carbocycles. The van der Waals surface area contributed by atoms with E-state index in [0.29, 0.717) is 12.3 Å². The third-order valence-corrected chi connectivity index (χ3v) is 3.98. The van der Waals surface area contributed by atoms with Crippen LogP contribution in [0.2, 0.25) is 0 Å². The highest BCUT2D eigenvalue weighted by Gasteiger charge is 2.28. The van der Waals surface area contributed by atoms with Crippen LogP contribution in [0.15, 0.2) is 48.0 Å². The summed E-state index contributed by atoms with van der Waals surface area (Å²) < 4.78 is 13.9. The van der Waals surface area contributed by atoms with Crippen LogP contribution >= 0.6 is 0 Å². The van der Waals surface area contributed by atoms with E-state index in [9.17, 15) is 4.39 Å². The SMILES string of the molecule is CC=CC(C)C1CC(F)=CC(C)=C1c1ncccc1C. The molecular formula is C18H22FN. The fourth-order valence-corrected chi connectivity index (χ4v) is 2.99. The Kier molecular flexibility index (Phi) is 4.53. The highest BCUT2D eigenvalue weighted by molar-refractivity contribution is 5.73. The lowest BCUT2D eigenvalue weighted by Crippen LogP contribution is -2.17. The average molecular weight is 271 g/mol. The molecule has 0 bridgehead atoms. The second kappa shape index (κ2) is 6.17. The van der Waals surface area contributed by atoms with E-state index < -0.39 is 0 Å². The van der Waals surface area contributed by atoms with Gasteiger partial charge in [0.1, 0.15) is 5.83 Å². The first kappa shape index (κ1) is 14.7. The molecule has 0 aliphatic heterocycles. The molecular weight excluding hydrogens is 249 g/mol. The van der Waals surface area contributed by atoms with Gasteiger partial charge < -0.3 is 0 Å². The maximum absolute atomic E-state index is 13.9. The summed E-state index contributed by atoms with van der Waals surface area (Å²) in [6.45, 7) is 8.20. The van der Waals surface area contributed by atoms with E-state index in [0.717, 1.165) is 16.8 Å². The number of halogens is 1. The van der Waals surface area contributed by atoms with Crippen molar-refractivity contribution in [3.05, 3.63) is 59.2 Å². The molecule has 2 atom stereocenters. The fraction of sp³-hybridized carbons (Fsp3) is 0.389. The summed E-state index contributed by atoms with van der Waals surface area (Å²) in [7, 11) is 0. The Morgan fingerprint density at radius 2 is 2.15 bits per heavy atom. The van der Waals surface area contributed by atoms with Crippen molar-refractivity contribution in [3.8, 4) is 0 Å². The summed E-state index contributed by atoms with van der Waals surface area (Å²) in [5.74, 6) is 0.428. The zero-order valence-electron chi connectivity index (χ0n) is 12.7. The van der Waals surface area contributed by atoms with E-state index in [1.54, 1.807) is 6.08 Å². The van der Waals surface area contributed by atoms with Gasteiger partial charge in [0.15, 0.2) is 0 Å². The predicted molar refractivity (Wildman–Crippen MR) is 82.8 cm³/mol. The van der Waals surface area contributed by atoms with E-state index in [-0.39, 0.29) is 11.7 Å². The molecule has 1 aliphatic rings. The fourth-order valence-electron chi connectivity index (χ4n) is 2.99. The summed E-state index contributed by atoms with van der Waals surface area (Å²) in [6.07, 6.45) is 8.12. The quantitative estimate of drug-likeness (QED) is 0.684. The lowest BCUT2D eigenvalue weighted by atomic mass is 9.76. The minimum Gasteiger partial charge on any atom is -0.256 e. The van der Waals surface area contributed by atoms with Gasteiger partial charge in [-0.3, -0.25) is 4.98 Å². The van der Waals surface area contributed by atoms with Crippen molar-refractivity contribution in [2.75, 3.05) is 0 Å². The van der Waals surface area contributed by atoms with Crippen LogP contribution in [-0.4, -0.2) is 4.98 Å². The maximum atomic E-state index is 13.9. The van der Waals surface area contributed by atoms with Crippen molar-refractivity contribution in [1.82, 2.24) is 4.98 Å². The zero-order valence-corrected chi connectivity index (χ0v) is 12.7. The topological polar surface area (TPSA) is 12.9 Å². The van der Waals surface area contributed by atoms with Crippen LogP contribution in [0.3, 0.4) is 0 Å². The minimum absolute atomic E-state index is 0.0267. The van der Waals surface area contributed by atoms with Gasteiger partial charge in [0.25, 0.3) is 0 Å². The highest BCUT2D eigenvalue weighted by atomic mass is 19.1. The van der Waals surface area contributed by atoms with Crippen molar-refractivity contribution >= 4 is 5.57 Å². The number of hydrogen-bond donors (Lipinski definition) is 0. The molecule has 1 aliphatic carbocycles. The smallest absolute Gasteiger partial charge is 0.101 e. The van der Waals surface area contributed by atoms with Gasteiger partial charge in [0.05, 0.1) is 5.69 Å². The van der Waals surface area contributed by atoms with Gasteiger partial charge in [-0.15, -0.1) is 0 Å². The minimum atomic E-state index is -0.0267. The summed E-state index contributed by atoms with van der Waals surface area (Å²) in [4.78, 5) is 4.54. The molecule has 1 aromatic heterocycles. The van der Waals surface area contributed by atoms with Crippen LogP contribution in [0.1, 0.15) is 38.4 Å². The number of aryl methyl sites for hydroxylation is 1. The molecule has 2 rings (SSSR count). The Labute approximate surface area is 120 Å². The zero-order chi connectivity index (χ0) is 14.7. The van der Waals surface area contributed by atoms with E-state index in [2.05, 4.69) is 31.0 Å². The van der Waals surface area contributed by atoms with Gasteiger partial charge in [-0.25, -0.2) is 4.39 Å². The first-order chi connectivity index (χ1) is 9.54. The van der Waals surface area contributed by atoms with E-state index >= 15 is 0 Å². The van der Waals surface area contributed by atoms with Gasteiger partial charge >= 0.3 is 0 Å². The molecule has 0 fully saturated rings. The number of rotatable bonds is 3. The monoisotopic (exact) mass is 271 g/mol. The van der Waals surface area contributed by atoms with E-state index in [1.807, 2.05) is 32.2 Å². The van der Waals surface area contributed by atoms with Crippen LogP contribution in [0.25, 0.3) is 5.57 Å². The Morgan fingerprint density at radius 1 is 1.40 bits per heavy atom. The Hall–Kier alpha value is -1.70. The third-order valence-electron chi connectivity index (χ3n) is 3.98. The van der Waals surface area contributed by atoms with Crippen LogP contribution in [0.5, 0.6) is 0 Å². The van der Waals surface area contributed by atoms with Crippen molar-refractivity contribution in [3.63, 3.8) is 0 Å². The second-order valence-electron chi connectivity index (χ2n) is 5.55. The lowest BCUT2D eigenvalue weighted by molar-refractivity contribution is 0.454. The Morgan fingerprint density at radius 3 is 2.80 bits per heavy atom. The molecule has 106 valence electrons. The van der Waals surface area contributed by atoms with Gasteiger partial charge in [0.2, 0.25) is 0 Å². The average Bonchev–Trinajstić information content (AvgIpc) is 2.39. The molecule has 2 heteroatoms. The largest absolute Gasteiger partial charge is 0.256 e. The molecule has 0 amide bonds. The maximum Gasteiger partial charge on any atom is 0.101 e. The number of pyridine rings is 1. The number of hydrogen-bond acceptors (Lipinski definition) is 1. The third kappa shape index (κ3) is 2.90. The number of aromatic nitrogens is 1. The lowest BCUT2D eigenvalue weighted by Gasteiger charge is -2.29. The van der Waals surface area contributed by atoms with Gasteiger partial charge in [-0.2, -0.15) is 0 Å². The molecule has 0 spiro atoms. The van der Waals surface area contributed by atoms with Crippen molar-refractivity contribution < 1.29 is 4.39 Å². The van der Waals surface area contributed by atoms with Crippen LogP contribution in [-0.2, 0) is 0 Å². The van der Waals surface area contributed by atoms with Gasteiger partial charge in [-0.1, -0.05) is 25.1 Å². The number of allylic oxidation sites excluding steroid dienone is 6. The van der Waals surface area contributed by atoms with E-state index in [4.69, 9.17) is 0 Å². The molecule has 20 heavy (non-hydrogen) atoms. The van der Waals surface area contributed by atoms with Gasteiger partial charge in [0, 0.05) is 12.6 Å². The standard InChI is InChI=1S/C18H22FN/c1-5-7-12(2)16-11-15(19)10-14(4)17(16)18-13(3)8-6-9-20-18/h5-10,12,16H,11H2,1-4H3. The summed E-state index contributed by atoms with van der Waals surface area (Å²) in [5, 5.41) is 0. The number of nitrogens with zero attached hydrogens (tertiary/aromatic N) is 1. The molecule has 1 heterocycles. The Balaban J connectivity index is 2.54. The molecule has 0 N–H and O–H groups in total. The first-order valence-electron chi connectivity index (χ1n) is 7.16. The van der Waals surface area contributed by atoms with Crippen molar-refractivity contribution in [1.29, 1.82) is 0 Å². The highest BCUT2D eigenvalue weighted by Crippen LogP contribution is 2.41. The van der Waals surface area contributed by atoms with Gasteiger partial charge in [-0.05, 0) is 61.5 Å². The van der Waals surface area contributed by atoms with Crippen LogP contribution in [0, 0.1) is 18.8 Å². The molecule has 0 saturated heterocycles. The van der Waals surface area contributed by atoms with Crippen molar-refractivity contribution in [2.45, 2.75) is 34.1 Å². The first-order valence-corrected chi connectivity index (χ1v) is 7.16. The summed E-state index contributed by atoms with van der Waals surface area (Å²) in [5.41, 5.74) is 4.34. The second-order valence-corrected chi connectivity index (χ2v) is 5.55. The van der Waals surface area contributed by atoms with E-state index in [1.165, 1.54) is 5.57 Å². The van der Waals surface area contributed by atoms with Crippen molar-refractivity contribution in [2.24, 2.45) is 11.8 Å². The van der Waals surface area contributed by atoms with Crippen LogP contribution in [0.4, 0.5) is 4.39 Å². The molecule has 1 nitrogen and oxygen atoms in total. The Bertz CT molecular complexity index is 581. The summed E-state index contributed by atoms with van der Waals surface area (Å²) in [6, 6.07) is 4.01. The molecule has 0 radical (unpaired) electrons. The normalized spacial score (nSPS) is 21.2. The summed E-state index contributed by atoms with van der Waals surface area (Å²) >= 11 is 0. The molecule has 1 aromatic rings. The van der Waals surface area contributed by atoms with Crippen LogP contribution < -0.4 is 0 Å².